The van der Waals surface area contributed by atoms with E-state index in [2.05, 4.69) is 4.98 Å². The summed E-state index contributed by atoms with van der Waals surface area (Å²) in [6.45, 7) is 5.99. The van der Waals surface area contributed by atoms with E-state index in [4.69, 9.17) is 4.74 Å². The van der Waals surface area contributed by atoms with Crippen LogP contribution >= 0.6 is 0 Å². The number of halogens is 1. The van der Waals surface area contributed by atoms with E-state index in [0.717, 1.165) is 5.39 Å². The molecular formula is C16H18FNO2. The van der Waals surface area contributed by atoms with Crippen LogP contribution in [0.2, 0.25) is 0 Å². The zero-order valence-corrected chi connectivity index (χ0v) is 11.8. The van der Waals surface area contributed by atoms with E-state index >= 15 is 0 Å². The number of nitrogens with one attached hydrogen (secondary N) is 1. The average molecular weight is 275 g/mol. The summed E-state index contributed by atoms with van der Waals surface area (Å²) in [6, 6.07) is 4.45. The number of aromatic amines is 1. The van der Waals surface area contributed by atoms with Gasteiger partial charge in [-0.1, -0.05) is 6.92 Å². The van der Waals surface area contributed by atoms with Gasteiger partial charge in [0.1, 0.15) is 5.82 Å². The largest absolute Gasteiger partial charge is 0.374 e. The normalized spacial score (nSPS) is 30.0. The van der Waals surface area contributed by atoms with E-state index in [1.165, 1.54) is 12.1 Å². The van der Waals surface area contributed by atoms with E-state index in [0.29, 0.717) is 11.1 Å². The third-order valence-electron chi connectivity index (χ3n) is 4.45. The first-order valence-corrected chi connectivity index (χ1v) is 6.95. The molecule has 2 aromatic rings. The van der Waals surface area contributed by atoms with Crippen molar-refractivity contribution in [3.8, 4) is 0 Å². The Kier molecular flexibility index (Phi) is 3.13. The fraction of sp³-hybridized carbons (Fsp3) is 0.438. The number of fused-ring (bicyclic) bond motifs is 1. The van der Waals surface area contributed by atoms with Crippen LogP contribution in [0.3, 0.4) is 0 Å². The summed E-state index contributed by atoms with van der Waals surface area (Å²) in [6.07, 6.45) is 1.67. The molecule has 0 radical (unpaired) electrons. The Bertz CT molecular complexity index is 664. The van der Waals surface area contributed by atoms with Gasteiger partial charge in [-0.2, -0.15) is 0 Å². The Morgan fingerprint density at radius 3 is 2.65 bits per heavy atom. The molecule has 106 valence electrons. The van der Waals surface area contributed by atoms with Crippen LogP contribution in [-0.4, -0.2) is 23.0 Å². The summed E-state index contributed by atoms with van der Waals surface area (Å²) in [7, 11) is 0. The molecule has 20 heavy (non-hydrogen) atoms. The number of hydrogen-bond donors (Lipinski definition) is 1. The molecule has 4 unspecified atom stereocenters. The molecule has 2 heterocycles. The van der Waals surface area contributed by atoms with E-state index in [1.807, 2.05) is 20.8 Å². The SMILES string of the molecule is CC1OC(C)C(C(=O)c2c[nH]c3cc(F)ccc23)C1C. The lowest BCUT2D eigenvalue weighted by molar-refractivity contribution is 0.0491. The van der Waals surface area contributed by atoms with Crippen molar-refractivity contribution in [2.45, 2.75) is 33.0 Å². The lowest BCUT2D eigenvalue weighted by Gasteiger charge is -2.16. The molecule has 0 aliphatic carbocycles. The fourth-order valence-corrected chi connectivity index (χ4v) is 3.20. The van der Waals surface area contributed by atoms with Crippen molar-refractivity contribution in [1.29, 1.82) is 0 Å². The van der Waals surface area contributed by atoms with E-state index in [9.17, 15) is 9.18 Å². The quantitative estimate of drug-likeness (QED) is 0.852. The maximum atomic E-state index is 13.2. The van der Waals surface area contributed by atoms with Crippen molar-refractivity contribution < 1.29 is 13.9 Å². The third-order valence-corrected chi connectivity index (χ3v) is 4.45. The van der Waals surface area contributed by atoms with Crippen LogP contribution < -0.4 is 0 Å². The van der Waals surface area contributed by atoms with Gasteiger partial charge in [0.05, 0.1) is 18.1 Å². The first-order chi connectivity index (χ1) is 9.49. The minimum absolute atomic E-state index is 0.0761. The van der Waals surface area contributed by atoms with Crippen molar-refractivity contribution >= 4 is 16.7 Å². The molecule has 1 saturated heterocycles. The van der Waals surface area contributed by atoms with Crippen molar-refractivity contribution in [3.05, 3.63) is 35.8 Å². The molecular weight excluding hydrogens is 257 g/mol. The van der Waals surface area contributed by atoms with Crippen LogP contribution in [0.4, 0.5) is 4.39 Å². The summed E-state index contributed by atoms with van der Waals surface area (Å²) in [5.74, 6) is -0.193. The molecule has 1 aromatic heterocycles. The fourth-order valence-electron chi connectivity index (χ4n) is 3.20. The third kappa shape index (κ3) is 1.95. The smallest absolute Gasteiger partial charge is 0.171 e. The van der Waals surface area contributed by atoms with Gasteiger partial charge in [0.15, 0.2) is 5.78 Å². The lowest BCUT2D eigenvalue weighted by Crippen LogP contribution is -2.26. The molecule has 4 atom stereocenters. The van der Waals surface area contributed by atoms with Crippen LogP contribution in [0.15, 0.2) is 24.4 Å². The van der Waals surface area contributed by atoms with E-state index in [1.54, 1.807) is 12.3 Å². The number of benzene rings is 1. The topological polar surface area (TPSA) is 42.1 Å². The van der Waals surface area contributed by atoms with E-state index in [-0.39, 0.29) is 35.6 Å². The van der Waals surface area contributed by atoms with Crippen LogP contribution in [-0.2, 0) is 4.74 Å². The van der Waals surface area contributed by atoms with Crippen LogP contribution in [0.5, 0.6) is 0 Å². The highest BCUT2D eigenvalue weighted by atomic mass is 19.1. The van der Waals surface area contributed by atoms with Gasteiger partial charge in [0, 0.05) is 22.7 Å². The first kappa shape index (κ1) is 13.3. The number of H-pyrrole nitrogens is 1. The molecule has 1 aliphatic heterocycles. The number of aromatic nitrogens is 1. The summed E-state index contributed by atoms with van der Waals surface area (Å²) in [4.78, 5) is 15.8. The monoisotopic (exact) mass is 275 g/mol. The number of rotatable bonds is 2. The maximum Gasteiger partial charge on any atom is 0.171 e. The zero-order chi connectivity index (χ0) is 14.4. The molecule has 3 nitrogen and oxygen atoms in total. The Labute approximate surface area is 117 Å². The van der Waals surface area contributed by atoms with Gasteiger partial charge in [-0.15, -0.1) is 0 Å². The highest BCUT2D eigenvalue weighted by Gasteiger charge is 2.42. The average Bonchev–Trinajstić information content (AvgIpc) is 2.91. The Balaban J connectivity index is 2.01. The van der Waals surface area contributed by atoms with Crippen molar-refractivity contribution in [2.24, 2.45) is 11.8 Å². The van der Waals surface area contributed by atoms with Gasteiger partial charge in [-0.05, 0) is 38.0 Å². The summed E-state index contributed by atoms with van der Waals surface area (Å²) >= 11 is 0. The second-order valence-electron chi connectivity index (χ2n) is 5.69. The van der Waals surface area contributed by atoms with Gasteiger partial charge in [-0.3, -0.25) is 4.79 Å². The van der Waals surface area contributed by atoms with Gasteiger partial charge in [0.25, 0.3) is 0 Å². The molecule has 0 spiro atoms. The molecule has 1 fully saturated rings. The number of Topliss-reactive ketones (excluding diaryl/α,β-unsaturated/α-hetero) is 1. The second kappa shape index (κ2) is 4.70. The molecule has 1 aromatic carbocycles. The van der Waals surface area contributed by atoms with Crippen LogP contribution in [0.1, 0.15) is 31.1 Å². The predicted molar refractivity (Wildman–Crippen MR) is 75.3 cm³/mol. The number of ether oxygens (including phenoxy) is 1. The van der Waals surface area contributed by atoms with Crippen LogP contribution in [0.25, 0.3) is 10.9 Å². The molecule has 3 rings (SSSR count). The van der Waals surface area contributed by atoms with Crippen molar-refractivity contribution in [2.75, 3.05) is 0 Å². The minimum atomic E-state index is -0.307. The van der Waals surface area contributed by atoms with Crippen molar-refractivity contribution in [3.63, 3.8) is 0 Å². The predicted octanol–water partition coefficient (Wildman–Crippen LogP) is 3.55. The second-order valence-corrected chi connectivity index (χ2v) is 5.69. The minimum Gasteiger partial charge on any atom is -0.374 e. The van der Waals surface area contributed by atoms with Crippen LogP contribution in [0, 0.1) is 17.7 Å². The first-order valence-electron chi connectivity index (χ1n) is 6.95. The lowest BCUT2D eigenvalue weighted by atomic mass is 9.83. The maximum absolute atomic E-state index is 13.2. The number of ketones is 1. The van der Waals surface area contributed by atoms with Gasteiger partial charge < -0.3 is 9.72 Å². The summed E-state index contributed by atoms with van der Waals surface area (Å²) < 4.78 is 18.9. The number of carbonyl (C=O) groups excluding carboxylic acids is 1. The number of carbonyl (C=O) groups is 1. The Morgan fingerprint density at radius 2 is 2.00 bits per heavy atom. The van der Waals surface area contributed by atoms with Gasteiger partial charge in [-0.25, -0.2) is 4.39 Å². The molecule has 1 aliphatic rings. The zero-order valence-electron chi connectivity index (χ0n) is 11.8. The highest BCUT2D eigenvalue weighted by Crippen LogP contribution is 2.35. The Morgan fingerprint density at radius 1 is 1.25 bits per heavy atom. The standard InChI is InChI=1S/C16H18FNO2/c1-8-9(2)20-10(3)15(8)16(19)13-7-18-14-6-11(17)4-5-12(13)14/h4-10,15,18H,1-3H3. The molecule has 0 amide bonds. The summed E-state index contributed by atoms with van der Waals surface area (Å²) in [5, 5.41) is 0.773. The molecule has 4 heteroatoms. The number of hydrogen-bond acceptors (Lipinski definition) is 2. The van der Waals surface area contributed by atoms with Gasteiger partial charge >= 0.3 is 0 Å². The van der Waals surface area contributed by atoms with E-state index < -0.39 is 0 Å². The molecule has 0 saturated carbocycles. The molecule has 1 N–H and O–H groups in total. The highest BCUT2D eigenvalue weighted by molar-refractivity contribution is 6.09. The summed E-state index contributed by atoms with van der Waals surface area (Å²) in [5.41, 5.74) is 1.28. The molecule has 0 bridgehead atoms. The Hall–Kier alpha value is -1.68. The van der Waals surface area contributed by atoms with Gasteiger partial charge in [0.2, 0.25) is 0 Å². The van der Waals surface area contributed by atoms with Crippen molar-refractivity contribution in [1.82, 2.24) is 4.98 Å².